The molecule has 2 N–H and O–H groups in total. The van der Waals surface area contributed by atoms with Gasteiger partial charge in [-0.2, -0.15) is 0 Å². The van der Waals surface area contributed by atoms with Crippen molar-refractivity contribution in [2.24, 2.45) is 5.73 Å². The molecule has 0 aliphatic carbocycles. The van der Waals surface area contributed by atoms with Crippen LogP contribution in [0.2, 0.25) is 0 Å². The molecule has 1 aromatic heterocycles. The van der Waals surface area contributed by atoms with E-state index in [1.54, 1.807) is 6.92 Å². The first-order valence-corrected chi connectivity index (χ1v) is 6.86. The van der Waals surface area contributed by atoms with Gasteiger partial charge in [-0.25, -0.2) is 0 Å². The van der Waals surface area contributed by atoms with Crippen LogP contribution < -0.4 is 16.2 Å². The number of aryl methyl sites for hydroxylation is 1. The Bertz CT molecular complexity index is 732. The Balaban J connectivity index is 1.87. The number of carbonyl (C=O) groups is 1. The van der Waals surface area contributed by atoms with Gasteiger partial charge in [0.25, 0.3) is 11.5 Å². The zero-order valence-corrected chi connectivity index (χ0v) is 11.8. The first kappa shape index (κ1) is 13.6. The average molecular weight is 287 g/mol. The van der Waals surface area contributed by atoms with Gasteiger partial charge in [-0.1, -0.05) is 18.2 Å². The lowest BCUT2D eigenvalue weighted by Crippen LogP contribution is -2.46. The van der Waals surface area contributed by atoms with Gasteiger partial charge in [0.2, 0.25) is 0 Å². The number of nitrogens with two attached hydrogens (primary N) is 1. The summed E-state index contributed by atoms with van der Waals surface area (Å²) in [6.07, 6.45) is 0.792. The maximum atomic E-state index is 12.3. The number of benzene rings is 1. The van der Waals surface area contributed by atoms with Crippen molar-refractivity contribution in [2.45, 2.75) is 19.4 Å². The summed E-state index contributed by atoms with van der Waals surface area (Å²) in [4.78, 5) is 25.8. The van der Waals surface area contributed by atoms with E-state index in [0.29, 0.717) is 12.3 Å². The van der Waals surface area contributed by atoms with Gasteiger partial charge in [-0.15, -0.1) is 4.74 Å². The number of aromatic nitrogens is 1. The summed E-state index contributed by atoms with van der Waals surface area (Å²) in [6, 6.07) is 9.13. The SMILES string of the molecule is Cc1cc(=O)n(C(=O)CN2CC(N)Cc3ccccc32)o1. The van der Waals surface area contributed by atoms with Crippen molar-refractivity contribution in [3.63, 3.8) is 0 Å². The van der Waals surface area contributed by atoms with Crippen LogP contribution in [0.5, 0.6) is 0 Å². The maximum Gasteiger partial charge on any atom is 0.290 e. The largest absolute Gasteiger partial charge is 0.373 e. The predicted octanol–water partition coefficient (Wildman–Crippen LogP) is 0.780. The highest BCUT2D eigenvalue weighted by atomic mass is 16.5. The Kier molecular flexibility index (Phi) is 3.39. The van der Waals surface area contributed by atoms with Crippen molar-refractivity contribution in [1.82, 2.24) is 4.74 Å². The van der Waals surface area contributed by atoms with Gasteiger partial charge < -0.3 is 15.2 Å². The molecule has 0 saturated heterocycles. The van der Waals surface area contributed by atoms with E-state index < -0.39 is 11.5 Å². The van der Waals surface area contributed by atoms with E-state index >= 15 is 0 Å². The minimum absolute atomic E-state index is 0.0252. The molecule has 6 nitrogen and oxygen atoms in total. The Morgan fingerprint density at radius 2 is 2.19 bits per heavy atom. The second-order valence-corrected chi connectivity index (χ2v) is 5.35. The zero-order chi connectivity index (χ0) is 15.0. The molecule has 2 heterocycles. The Morgan fingerprint density at radius 1 is 1.43 bits per heavy atom. The summed E-state index contributed by atoms with van der Waals surface area (Å²) in [6.45, 7) is 2.28. The first-order valence-electron chi connectivity index (χ1n) is 6.86. The molecule has 2 aromatic rings. The third-order valence-electron chi connectivity index (χ3n) is 3.58. The van der Waals surface area contributed by atoms with Gasteiger partial charge in [0.1, 0.15) is 12.3 Å². The lowest BCUT2D eigenvalue weighted by atomic mass is 9.98. The molecule has 3 rings (SSSR count). The Morgan fingerprint density at radius 3 is 2.90 bits per heavy atom. The van der Waals surface area contributed by atoms with Crippen molar-refractivity contribution in [1.29, 1.82) is 0 Å². The van der Waals surface area contributed by atoms with Crippen LogP contribution in [0.15, 0.2) is 39.6 Å². The standard InChI is InChI=1S/C15H17N3O3/c1-10-6-14(19)18(21-10)15(20)9-17-8-12(16)7-11-4-2-3-5-13(11)17/h2-6,12H,7-9,16H2,1H3. The summed E-state index contributed by atoms with van der Waals surface area (Å²) in [5, 5.41) is 0. The average Bonchev–Trinajstić information content (AvgIpc) is 2.77. The van der Waals surface area contributed by atoms with Gasteiger partial charge in [-0.3, -0.25) is 9.59 Å². The number of carbonyl (C=O) groups excluding carboxylic acids is 1. The molecular weight excluding hydrogens is 270 g/mol. The van der Waals surface area contributed by atoms with Crippen LogP contribution >= 0.6 is 0 Å². The molecule has 0 amide bonds. The Hall–Kier alpha value is -2.34. The molecule has 21 heavy (non-hydrogen) atoms. The van der Waals surface area contributed by atoms with Crippen LogP contribution in [-0.2, 0) is 6.42 Å². The highest BCUT2D eigenvalue weighted by molar-refractivity contribution is 5.83. The second-order valence-electron chi connectivity index (χ2n) is 5.35. The second kappa shape index (κ2) is 5.21. The molecule has 1 aromatic carbocycles. The van der Waals surface area contributed by atoms with Crippen molar-refractivity contribution in [2.75, 3.05) is 18.0 Å². The summed E-state index contributed by atoms with van der Waals surface area (Å²) in [5.74, 6) is 0.0288. The van der Waals surface area contributed by atoms with Crippen LogP contribution in [0.1, 0.15) is 16.1 Å². The molecule has 110 valence electrons. The monoisotopic (exact) mass is 287 g/mol. The molecule has 0 radical (unpaired) electrons. The minimum atomic E-state index is -0.438. The molecule has 0 saturated carbocycles. The third-order valence-corrected chi connectivity index (χ3v) is 3.58. The van der Waals surface area contributed by atoms with E-state index in [0.717, 1.165) is 22.4 Å². The lowest BCUT2D eigenvalue weighted by Gasteiger charge is -2.33. The number of para-hydroxylation sites is 1. The first-order chi connectivity index (χ1) is 10.0. The van der Waals surface area contributed by atoms with E-state index in [1.807, 2.05) is 29.2 Å². The van der Waals surface area contributed by atoms with Crippen LogP contribution in [0.25, 0.3) is 0 Å². The number of anilines is 1. The molecule has 0 bridgehead atoms. The number of hydrogen-bond acceptors (Lipinski definition) is 5. The summed E-state index contributed by atoms with van der Waals surface area (Å²) < 4.78 is 5.93. The van der Waals surface area contributed by atoms with Crippen molar-refractivity contribution in [3.05, 3.63) is 52.0 Å². The van der Waals surface area contributed by atoms with Gasteiger partial charge in [0.15, 0.2) is 0 Å². The minimum Gasteiger partial charge on any atom is -0.373 e. The van der Waals surface area contributed by atoms with E-state index in [2.05, 4.69) is 0 Å². The van der Waals surface area contributed by atoms with Crippen LogP contribution in [0, 0.1) is 6.92 Å². The van der Waals surface area contributed by atoms with Gasteiger partial charge in [0.05, 0.1) is 0 Å². The molecule has 6 heteroatoms. The van der Waals surface area contributed by atoms with Crippen LogP contribution in [-0.4, -0.2) is 29.8 Å². The predicted molar refractivity (Wildman–Crippen MR) is 78.7 cm³/mol. The maximum absolute atomic E-state index is 12.3. The highest BCUT2D eigenvalue weighted by Crippen LogP contribution is 2.26. The van der Waals surface area contributed by atoms with E-state index in [1.165, 1.54) is 6.07 Å². The Labute approximate surface area is 121 Å². The molecule has 1 aliphatic heterocycles. The molecule has 1 atom stereocenters. The fourth-order valence-corrected chi connectivity index (χ4v) is 2.72. The number of nitrogens with zero attached hydrogens (tertiary/aromatic N) is 2. The number of fused-ring (bicyclic) bond motifs is 1. The van der Waals surface area contributed by atoms with Crippen molar-refractivity contribution < 1.29 is 9.32 Å². The topological polar surface area (TPSA) is 81.5 Å². The number of hydrogen-bond donors (Lipinski definition) is 1. The number of rotatable bonds is 2. The van der Waals surface area contributed by atoms with Crippen LogP contribution in [0.4, 0.5) is 5.69 Å². The van der Waals surface area contributed by atoms with Gasteiger partial charge in [-0.05, 0) is 25.0 Å². The van der Waals surface area contributed by atoms with Crippen LogP contribution in [0.3, 0.4) is 0 Å². The lowest BCUT2D eigenvalue weighted by molar-refractivity contribution is 0.0790. The fraction of sp³-hybridized carbons (Fsp3) is 0.333. The molecule has 1 aliphatic rings. The summed E-state index contributed by atoms with van der Waals surface area (Å²) in [5.41, 5.74) is 7.71. The van der Waals surface area contributed by atoms with Crippen molar-refractivity contribution >= 4 is 11.6 Å². The summed E-state index contributed by atoms with van der Waals surface area (Å²) >= 11 is 0. The van der Waals surface area contributed by atoms with Gasteiger partial charge in [0, 0.05) is 24.3 Å². The van der Waals surface area contributed by atoms with Gasteiger partial charge >= 0.3 is 0 Å². The smallest absolute Gasteiger partial charge is 0.290 e. The highest BCUT2D eigenvalue weighted by Gasteiger charge is 2.24. The van der Waals surface area contributed by atoms with E-state index in [4.69, 9.17) is 10.3 Å². The summed E-state index contributed by atoms with van der Waals surface area (Å²) in [7, 11) is 0. The van der Waals surface area contributed by atoms with Crippen molar-refractivity contribution in [3.8, 4) is 0 Å². The molecule has 0 fully saturated rings. The molecule has 1 unspecified atom stereocenters. The molecular formula is C15H17N3O3. The third kappa shape index (κ3) is 2.62. The molecule has 0 spiro atoms. The quantitative estimate of drug-likeness (QED) is 0.882. The fourth-order valence-electron chi connectivity index (χ4n) is 2.72. The van der Waals surface area contributed by atoms with E-state index in [9.17, 15) is 9.59 Å². The zero-order valence-electron chi connectivity index (χ0n) is 11.8. The van der Waals surface area contributed by atoms with E-state index in [-0.39, 0.29) is 12.6 Å². The normalized spacial score (nSPS) is 17.6.